The molecule has 5 heteroatoms. The fourth-order valence-electron chi connectivity index (χ4n) is 5.10. The number of likely N-dealkylation sites (tertiary alicyclic amines) is 1. The number of piperidine rings is 2. The molecule has 0 spiro atoms. The van der Waals surface area contributed by atoms with Crippen molar-refractivity contribution in [1.82, 2.24) is 15.5 Å². The van der Waals surface area contributed by atoms with Crippen molar-refractivity contribution in [2.24, 2.45) is 11.7 Å². The molecule has 144 valence electrons. The predicted octanol–water partition coefficient (Wildman–Crippen LogP) is 1.58. The van der Waals surface area contributed by atoms with Crippen LogP contribution in [0.15, 0.2) is 24.3 Å². The molecule has 3 aliphatic rings. The third-order valence-electron chi connectivity index (χ3n) is 6.42. The van der Waals surface area contributed by atoms with Crippen LogP contribution in [0, 0.1) is 5.92 Å². The molecule has 26 heavy (non-hydrogen) atoms. The molecule has 0 aromatic heterocycles. The highest BCUT2D eigenvalue weighted by molar-refractivity contribution is 5.59. The van der Waals surface area contributed by atoms with Gasteiger partial charge in [-0.3, -0.25) is 0 Å². The zero-order chi connectivity index (χ0) is 17.8. The number of nitrogens with one attached hydrogen (secondary N) is 3. The summed E-state index contributed by atoms with van der Waals surface area (Å²) in [5, 5.41) is 11.1. The van der Waals surface area contributed by atoms with Gasteiger partial charge in [0, 0.05) is 43.3 Å². The number of rotatable bonds is 7. The zero-order valence-corrected chi connectivity index (χ0v) is 15.9. The number of nitrogens with two attached hydrogens (primary N) is 1. The maximum atomic E-state index is 5.58. The van der Waals surface area contributed by atoms with Crippen LogP contribution >= 0.6 is 0 Å². The number of hydrogen-bond donors (Lipinski definition) is 4. The monoisotopic (exact) mass is 357 g/mol. The van der Waals surface area contributed by atoms with E-state index in [1.54, 1.807) is 0 Å². The summed E-state index contributed by atoms with van der Waals surface area (Å²) in [6, 6.07) is 10.1. The summed E-state index contributed by atoms with van der Waals surface area (Å²) in [5.74, 6) is 1.47. The van der Waals surface area contributed by atoms with Gasteiger partial charge in [-0.15, -0.1) is 0 Å². The molecule has 3 heterocycles. The molecule has 0 radical (unpaired) electrons. The van der Waals surface area contributed by atoms with Crippen molar-refractivity contribution in [3.05, 3.63) is 29.8 Å². The molecule has 5 N–H and O–H groups in total. The Hall–Kier alpha value is -1.14. The van der Waals surface area contributed by atoms with Crippen LogP contribution in [0.1, 0.15) is 37.2 Å². The van der Waals surface area contributed by atoms with Gasteiger partial charge in [-0.25, -0.2) is 0 Å². The minimum Gasteiger partial charge on any atom is -0.380 e. The average molecular weight is 358 g/mol. The summed E-state index contributed by atoms with van der Waals surface area (Å²) in [7, 11) is 0. The first kappa shape index (κ1) is 18.2. The van der Waals surface area contributed by atoms with Crippen molar-refractivity contribution in [1.29, 1.82) is 0 Å². The lowest BCUT2D eigenvalue weighted by Crippen LogP contribution is -2.52. The molecule has 4 unspecified atom stereocenters. The van der Waals surface area contributed by atoms with Crippen molar-refractivity contribution in [3.8, 4) is 0 Å². The smallest absolute Gasteiger partial charge is 0.0456 e. The Bertz CT molecular complexity index is 577. The fourth-order valence-corrected chi connectivity index (χ4v) is 5.10. The van der Waals surface area contributed by atoms with Gasteiger partial charge in [0.1, 0.15) is 0 Å². The topological polar surface area (TPSA) is 65.3 Å². The zero-order valence-electron chi connectivity index (χ0n) is 15.9. The van der Waals surface area contributed by atoms with Crippen molar-refractivity contribution >= 4 is 5.69 Å². The van der Waals surface area contributed by atoms with Crippen LogP contribution < -0.4 is 21.7 Å². The van der Waals surface area contributed by atoms with Crippen molar-refractivity contribution in [2.45, 2.75) is 43.7 Å². The van der Waals surface area contributed by atoms with Gasteiger partial charge in [0.05, 0.1) is 0 Å². The van der Waals surface area contributed by atoms with E-state index in [1.165, 1.54) is 50.1 Å². The van der Waals surface area contributed by atoms with Crippen molar-refractivity contribution in [3.63, 3.8) is 0 Å². The molecule has 0 aliphatic carbocycles. The van der Waals surface area contributed by atoms with E-state index in [-0.39, 0.29) is 0 Å². The predicted molar refractivity (Wildman–Crippen MR) is 109 cm³/mol. The van der Waals surface area contributed by atoms with Gasteiger partial charge in [0.25, 0.3) is 0 Å². The van der Waals surface area contributed by atoms with Crippen LogP contribution in [-0.2, 0) is 0 Å². The van der Waals surface area contributed by atoms with E-state index >= 15 is 0 Å². The minimum atomic E-state index is 0.574. The Balaban J connectivity index is 1.27. The van der Waals surface area contributed by atoms with Gasteiger partial charge in [-0.05, 0) is 69.4 Å². The lowest BCUT2D eigenvalue weighted by atomic mass is 9.85. The Labute approximate surface area is 158 Å². The van der Waals surface area contributed by atoms with Gasteiger partial charge in [-0.2, -0.15) is 0 Å². The second kappa shape index (κ2) is 8.70. The van der Waals surface area contributed by atoms with Crippen LogP contribution in [0.4, 0.5) is 5.69 Å². The maximum Gasteiger partial charge on any atom is 0.0456 e. The number of benzene rings is 1. The van der Waals surface area contributed by atoms with E-state index in [0.717, 1.165) is 38.5 Å². The molecule has 1 aromatic rings. The molecule has 0 amide bonds. The maximum absolute atomic E-state index is 5.58. The highest BCUT2D eigenvalue weighted by Gasteiger charge is 2.37. The number of para-hydroxylation sites is 1. The van der Waals surface area contributed by atoms with Crippen LogP contribution in [-0.4, -0.2) is 62.8 Å². The lowest BCUT2D eigenvalue weighted by Gasteiger charge is -2.39. The third kappa shape index (κ3) is 4.22. The molecule has 3 aliphatic heterocycles. The first-order valence-electron chi connectivity index (χ1n) is 10.6. The van der Waals surface area contributed by atoms with E-state index in [4.69, 9.17) is 5.73 Å². The van der Waals surface area contributed by atoms with Gasteiger partial charge in [0.2, 0.25) is 0 Å². The number of anilines is 1. The Morgan fingerprint density at radius 2 is 2.19 bits per heavy atom. The molecule has 2 saturated heterocycles. The lowest BCUT2D eigenvalue weighted by molar-refractivity contribution is 0.146. The van der Waals surface area contributed by atoms with E-state index in [2.05, 4.69) is 45.1 Å². The summed E-state index contributed by atoms with van der Waals surface area (Å²) < 4.78 is 0. The average Bonchev–Trinajstić information content (AvgIpc) is 3.04. The molecular weight excluding hydrogens is 322 g/mol. The molecular formula is C21H35N5. The minimum absolute atomic E-state index is 0.574. The quantitative estimate of drug-likeness (QED) is 0.558. The first-order chi connectivity index (χ1) is 12.8. The molecule has 2 fully saturated rings. The van der Waals surface area contributed by atoms with Crippen LogP contribution in [0.2, 0.25) is 0 Å². The Morgan fingerprint density at radius 3 is 3.12 bits per heavy atom. The van der Waals surface area contributed by atoms with E-state index < -0.39 is 0 Å². The van der Waals surface area contributed by atoms with E-state index in [9.17, 15) is 0 Å². The highest BCUT2D eigenvalue weighted by Crippen LogP contribution is 2.40. The highest BCUT2D eigenvalue weighted by atomic mass is 15.2. The number of fused-ring (bicyclic) bond motifs is 3. The summed E-state index contributed by atoms with van der Waals surface area (Å²) in [5.41, 5.74) is 8.47. The largest absolute Gasteiger partial charge is 0.380 e. The summed E-state index contributed by atoms with van der Waals surface area (Å²) in [6.45, 7) is 7.80. The van der Waals surface area contributed by atoms with Gasteiger partial charge < -0.3 is 26.6 Å². The Morgan fingerprint density at radius 1 is 1.27 bits per heavy atom. The molecule has 0 saturated carbocycles. The number of nitrogens with zero attached hydrogens (tertiary/aromatic N) is 1. The molecule has 0 bridgehead atoms. The number of hydrogen-bond acceptors (Lipinski definition) is 5. The van der Waals surface area contributed by atoms with Crippen LogP contribution in [0.5, 0.6) is 0 Å². The van der Waals surface area contributed by atoms with Crippen molar-refractivity contribution < 1.29 is 0 Å². The summed E-state index contributed by atoms with van der Waals surface area (Å²) in [6.07, 6.45) is 5.05. The SMILES string of the molecule is NCCCNCC1CCCN(CC2CC3c4ccccc4NC3CN2)C1. The van der Waals surface area contributed by atoms with E-state index in [0.29, 0.717) is 18.0 Å². The molecule has 4 atom stereocenters. The van der Waals surface area contributed by atoms with Gasteiger partial charge in [0.15, 0.2) is 0 Å². The second-order valence-electron chi connectivity index (χ2n) is 8.40. The summed E-state index contributed by atoms with van der Waals surface area (Å²) >= 11 is 0. The first-order valence-corrected chi connectivity index (χ1v) is 10.6. The standard InChI is InChI=1S/C21H35N5/c22-8-4-9-23-12-16-5-3-10-26(14-16)15-17-11-19-18-6-1-2-7-20(18)25-21(19)13-24-17/h1-2,6-7,16-17,19,21,23-25H,3-5,8-15,22H2. The normalized spacial score (nSPS) is 31.3. The van der Waals surface area contributed by atoms with Gasteiger partial charge >= 0.3 is 0 Å². The second-order valence-corrected chi connectivity index (χ2v) is 8.40. The molecule has 4 rings (SSSR count). The Kier molecular flexibility index (Phi) is 6.10. The third-order valence-corrected chi connectivity index (χ3v) is 6.42. The fraction of sp³-hybridized carbons (Fsp3) is 0.714. The van der Waals surface area contributed by atoms with Crippen LogP contribution in [0.25, 0.3) is 0 Å². The molecule has 5 nitrogen and oxygen atoms in total. The van der Waals surface area contributed by atoms with Crippen LogP contribution in [0.3, 0.4) is 0 Å². The van der Waals surface area contributed by atoms with Crippen molar-refractivity contribution in [2.75, 3.05) is 51.1 Å². The molecule has 1 aromatic carbocycles. The van der Waals surface area contributed by atoms with Gasteiger partial charge in [-0.1, -0.05) is 18.2 Å². The summed E-state index contributed by atoms with van der Waals surface area (Å²) in [4.78, 5) is 2.70. The van der Waals surface area contributed by atoms with E-state index in [1.807, 2.05) is 0 Å².